The molecule has 0 aliphatic heterocycles. The molecule has 4 nitrogen and oxygen atoms in total. The van der Waals surface area contributed by atoms with E-state index < -0.39 is 0 Å². The van der Waals surface area contributed by atoms with Crippen LogP contribution in [0.2, 0.25) is 0 Å². The average molecular weight is 628 g/mol. The van der Waals surface area contributed by atoms with E-state index in [-0.39, 0.29) is 0 Å². The molecule has 4 heteroatoms. The largest absolute Gasteiger partial charge is 0.456 e. The van der Waals surface area contributed by atoms with Gasteiger partial charge in [-0.1, -0.05) is 152 Å². The van der Waals surface area contributed by atoms with Crippen molar-refractivity contribution in [2.24, 2.45) is 0 Å². The molecule has 0 N–H and O–H groups in total. The quantitative estimate of drug-likeness (QED) is 0.184. The van der Waals surface area contributed by atoms with Gasteiger partial charge in [-0.2, -0.15) is 0 Å². The fourth-order valence-electron chi connectivity index (χ4n) is 6.50. The zero-order chi connectivity index (χ0) is 32.6. The lowest BCUT2D eigenvalue weighted by Gasteiger charge is -2.11. The summed E-state index contributed by atoms with van der Waals surface area (Å²) in [6.45, 7) is 0. The highest BCUT2D eigenvalue weighted by Gasteiger charge is 2.18. The maximum atomic E-state index is 6.23. The molecule has 2 aromatic heterocycles. The molecule has 0 spiro atoms. The second-order valence-electron chi connectivity index (χ2n) is 12.1. The summed E-state index contributed by atoms with van der Waals surface area (Å²) in [6, 6.07) is 60.5. The van der Waals surface area contributed by atoms with Crippen LogP contribution in [0.5, 0.6) is 0 Å². The fraction of sp³-hybridized carbons (Fsp3) is 0. The van der Waals surface area contributed by atoms with E-state index in [0.29, 0.717) is 17.5 Å². The highest BCUT2D eigenvalue weighted by Crippen LogP contribution is 2.37. The highest BCUT2D eigenvalue weighted by molar-refractivity contribution is 6.11. The molecule has 9 aromatic rings. The van der Waals surface area contributed by atoms with Crippen molar-refractivity contribution in [1.29, 1.82) is 0 Å². The Morgan fingerprint density at radius 2 is 0.755 bits per heavy atom. The van der Waals surface area contributed by atoms with Crippen molar-refractivity contribution in [3.63, 3.8) is 0 Å². The molecule has 0 saturated heterocycles. The molecule has 2 heterocycles. The van der Waals surface area contributed by atoms with Gasteiger partial charge in [0.25, 0.3) is 0 Å². The second-order valence-corrected chi connectivity index (χ2v) is 12.1. The minimum atomic E-state index is 0.599. The number of para-hydroxylation sites is 1. The molecule has 0 aliphatic carbocycles. The minimum Gasteiger partial charge on any atom is -0.456 e. The van der Waals surface area contributed by atoms with Crippen LogP contribution in [0.4, 0.5) is 0 Å². The predicted molar refractivity (Wildman–Crippen MR) is 200 cm³/mol. The van der Waals surface area contributed by atoms with Crippen molar-refractivity contribution in [2.75, 3.05) is 0 Å². The van der Waals surface area contributed by atoms with Gasteiger partial charge in [-0.05, 0) is 57.6 Å². The predicted octanol–water partition coefficient (Wildman–Crippen LogP) is 11.8. The lowest BCUT2D eigenvalue weighted by atomic mass is 9.98. The summed E-state index contributed by atoms with van der Waals surface area (Å²) < 4.78 is 6.23. The summed E-state index contributed by atoms with van der Waals surface area (Å²) in [6.07, 6.45) is 0. The third kappa shape index (κ3) is 5.45. The van der Waals surface area contributed by atoms with Crippen molar-refractivity contribution < 1.29 is 4.42 Å². The number of nitrogens with zero attached hydrogens (tertiary/aromatic N) is 3. The first-order valence-corrected chi connectivity index (χ1v) is 16.4. The third-order valence-corrected chi connectivity index (χ3v) is 8.95. The summed E-state index contributed by atoms with van der Waals surface area (Å²) in [4.78, 5) is 15.3. The number of fused-ring (bicyclic) bond motifs is 3. The lowest BCUT2D eigenvalue weighted by Crippen LogP contribution is -2.00. The minimum absolute atomic E-state index is 0.599. The molecule has 0 atom stereocenters. The fourth-order valence-corrected chi connectivity index (χ4v) is 6.50. The van der Waals surface area contributed by atoms with Gasteiger partial charge in [0.15, 0.2) is 17.5 Å². The lowest BCUT2D eigenvalue weighted by molar-refractivity contribution is 0.669. The van der Waals surface area contributed by atoms with Gasteiger partial charge in [-0.3, -0.25) is 0 Å². The van der Waals surface area contributed by atoms with E-state index in [1.807, 2.05) is 42.5 Å². The van der Waals surface area contributed by atoms with Crippen LogP contribution in [0.15, 0.2) is 180 Å². The molecule has 0 saturated carbocycles. The summed E-state index contributed by atoms with van der Waals surface area (Å²) in [5.41, 5.74) is 11.3. The third-order valence-electron chi connectivity index (χ3n) is 8.95. The Hall–Kier alpha value is -6.65. The number of rotatable bonds is 6. The van der Waals surface area contributed by atoms with Crippen LogP contribution in [0.1, 0.15) is 0 Å². The summed E-state index contributed by atoms with van der Waals surface area (Å²) >= 11 is 0. The second kappa shape index (κ2) is 12.2. The maximum Gasteiger partial charge on any atom is 0.164 e. The van der Waals surface area contributed by atoms with Gasteiger partial charge >= 0.3 is 0 Å². The molecule has 230 valence electrons. The van der Waals surface area contributed by atoms with E-state index in [2.05, 4.69) is 133 Å². The topological polar surface area (TPSA) is 51.8 Å². The molecule has 0 amide bonds. The van der Waals surface area contributed by atoms with Gasteiger partial charge < -0.3 is 4.42 Å². The number of benzene rings is 7. The number of hydrogen-bond donors (Lipinski definition) is 0. The first-order valence-electron chi connectivity index (χ1n) is 16.4. The van der Waals surface area contributed by atoms with Crippen LogP contribution in [0, 0.1) is 0 Å². The van der Waals surface area contributed by atoms with Crippen molar-refractivity contribution in [1.82, 2.24) is 15.0 Å². The molecular weight excluding hydrogens is 599 g/mol. The Bertz CT molecular complexity index is 2590. The zero-order valence-electron chi connectivity index (χ0n) is 26.5. The first kappa shape index (κ1) is 28.6. The van der Waals surface area contributed by atoms with Crippen LogP contribution in [-0.2, 0) is 0 Å². The zero-order valence-corrected chi connectivity index (χ0v) is 26.5. The van der Waals surface area contributed by atoms with Gasteiger partial charge in [0.05, 0.1) is 0 Å². The van der Waals surface area contributed by atoms with Gasteiger partial charge in [0.1, 0.15) is 11.2 Å². The Kier molecular flexibility index (Phi) is 7.10. The standard InChI is InChI=1S/C45H29N3O/c1-3-12-30(13-4-1)34-16-9-17-35(28-34)32-24-26-33(27-25-32)43-46-44(37-19-10-18-36(29-37)31-14-5-2-6-15-31)48-45(47-43)39-21-11-23-41-42(39)38-20-7-8-22-40(38)49-41/h1-29H. The number of furan rings is 1. The van der Waals surface area contributed by atoms with Crippen LogP contribution < -0.4 is 0 Å². The van der Waals surface area contributed by atoms with E-state index >= 15 is 0 Å². The van der Waals surface area contributed by atoms with E-state index in [1.165, 1.54) is 11.1 Å². The molecule has 9 rings (SSSR count). The molecule has 49 heavy (non-hydrogen) atoms. The van der Waals surface area contributed by atoms with E-state index in [4.69, 9.17) is 19.4 Å². The molecule has 7 aromatic carbocycles. The van der Waals surface area contributed by atoms with Crippen molar-refractivity contribution in [2.45, 2.75) is 0 Å². The van der Waals surface area contributed by atoms with E-state index in [0.717, 1.165) is 60.9 Å². The molecule has 0 fully saturated rings. The SMILES string of the molecule is c1ccc(-c2cccc(-c3ccc(-c4nc(-c5cccc(-c6ccccc6)c5)nc(-c5cccc6oc7ccccc7c56)n4)cc3)c2)cc1. The molecule has 0 unspecified atom stereocenters. The summed E-state index contributed by atoms with van der Waals surface area (Å²) in [5.74, 6) is 1.82. The Balaban J connectivity index is 1.18. The van der Waals surface area contributed by atoms with Crippen molar-refractivity contribution in [3.8, 4) is 67.5 Å². The van der Waals surface area contributed by atoms with Crippen molar-refractivity contribution >= 4 is 21.9 Å². The van der Waals surface area contributed by atoms with Gasteiger partial charge in [0.2, 0.25) is 0 Å². The molecule has 0 aliphatic rings. The Morgan fingerprint density at radius 1 is 0.306 bits per heavy atom. The Morgan fingerprint density at radius 3 is 1.43 bits per heavy atom. The van der Waals surface area contributed by atoms with Gasteiger partial charge in [-0.15, -0.1) is 0 Å². The number of aromatic nitrogens is 3. The van der Waals surface area contributed by atoms with Crippen LogP contribution in [0.25, 0.3) is 89.5 Å². The molecular formula is C45H29N3O. The van der Waals surface area contributed by atoms with Crippen molar-refractivity contribution in [3.05, 3.63) is 176 Å². The van der Waals surface area contributed by atoms with Crippen LogP contribution >= 0.6 is 0 Å². The van der Waals surface area contributed by atoms with Crippen LogP contribution in [-0.4, -0.2) is 15.0 Å². The highest BCUT2D eigenvalue weighted by atomic mass is 16.3. The van der Waals surface area contributed by atoms with E-state index in [9.17, 15) is 0 Å². The van der Waals surface area contributed by atoms with E-state index in [1.54, 1.807) is 0 Å². The van der Waals surface area contributed by atoms with Gasteiger partial charge in [0, 0.05) is 27.5 Å². The normalized spacial score (nSPS) is 11.3. The molecule has 0 bridgehead atoms. The molecule has 0 radical (unpaired) electrons. The smallest absolute Gasteiger partial charge is 0.164 e. The monoisotopic (exact) mass is 627 g/mol. The summed E-state index contributed by atoms with van der Waals surface area (Å²) in [5, 5.41) is 2.03. The van der Waals surface area contributed by atoms with Gasteiger partial charge in [-0.25, -0.2) is 15.0 Å². The first-order chi connectivity index (χ1) is 24.3. The summed E-state index contributed by atoms with van der Waals surface area (Å²) in [7, 11) is 0. The maximum absolute atomic E-state index is 6.23. The Labute approximate surface area is 284 Å². The average Bonchev–Trinajstić information content (AvgIpc) is 3.58. The number of hydrogen-bond acceptors (Lipinski definition) is 4. The van der Waals surface area contributed by atoms with Crippen LogP contribution in [0.3, 0.4) is 0 Å².